The Labute approximate surface area is 150 Å². The molecule has 5 nitrogen and oxygen atoms in total. The number of ether oxygens (including phenoxy) is 1. The highest BCUT2D eigenvalue weighted by Gasteiger charge is 2.62. The summed E-state index contributed by atoms with van der Waals surface area (Å²) in [5, 5.41) is 11.0. The van der Waals surface area contributed by atoms with Gasteiger partial charge in [0.05, 0.1) is 0 Å². The van der Waals surface area contributed by atoms with Crippen molar-refractivity contribution in [1.82, 2.24) is 9.80 Å². The standard InChI is InChI=1S/C18H26N2O3.ClH/c1-3-11-20-16(21)23-18(17(20,2)22)9-12-19(13-10-18)14-15-7-5-4-6-8-15;/h4-8,22H,3,9-14H2,1-2H3;1H. The van der Waals surface area contributed by atoms with Gasteiger partial charge in [-0.05, 0) is 18.9 Å². The predicted molar refractivity (Wildman–Crippen MR) is 95.0 cm³/mol. The molecule has 2 aliphatic heterocycles. The summed E-state index contributed by atoms with van der Waals surface area (Å²) < 4.78 is 5.68. The number of amides is 1. The van der Waals surface area contributed by atoms with Crippen molar-refractivity contribution < 1.29 is 14.6 Å². The van der Waals surface area contributed by atoms with Crippen LogP contribution in [-0.4, -0.2) is 52.0 Å². The van der Waals surface area contributed by atoms with Gasteiger partial charge in [0.1, 0.15) is 0 Å². The predicted octanol–water partition coefficient (Wildman–Crippen LogP) is 3.01. The summed E-state index contributed by atoms with van der Waals surface area (Å²) in [6.07, 6.45) is 1.76. The number of carbonyl (C=O) groups excluding carboxylic acids is 1. The average Bonchev–Trinajstić information content (AvgIpc) is 2.71. The van der Waals surface area contributed by atoms with Gasteiger partial charge in [0.2, 0.25) is 0 Å². The van der Waals surface area contributed by atoms with Crippen LogP contribution >= 0.6 is 12.4 Å². The average molecular weight is 355 g/mol. The Hall–Kier alpha value is -1.30. The first-order valence-electron chi connectivity index (χ1n) is 8.48. The second kappa shape index (κ2) is 7.30. The fourth-order valence-corrected chi connectivity index (χ4v) is 3.76. The number of nitrogens with zero attached hydrogens (tertiary/aromatic N) is 2. The van der Waals surface area contributed by atoms with Gasteiger partial charge in [-0.3, -0.25) is 9.80 Å². The molecule has 1 unspecified atom stereocenters. The largest absolute Gasteiger partial charge is 0.437 e. The van der Waals surface area contributed by atoms with Gasteiger partial charge in [0, 0.05) is 39.0 Å². The van der Waals surface area contributed by atoms with Crippen LogP contribution in [0.1, 0.15) is 38.7 Å². The molecule has 2 fully saturated rings. The zero-order valence-electron chi connectivity index (χ0n) is 14.4. The van der Waals surface area contributed by atoms with Crippen LogP contribution in [0.3, 0.4) is 0 Å². The zero-order valence-corrected chi connectivity index (χ0v) is 15.2. The van der Waals surface area contributed by atoms with E-state index in [0.29, 0.717) is 19.4 Å². The van der Waals surface area contributed by atoms with E-state index in [-0.39, 0.29) is 18.5 Å². The fraction of sp³-hybridized carbons (Fsp3) is 0.611. The van der Waals surface area contributed by atoms with Crippen LogP contribution in [0.25, 0.3) is 0 Å². The molecule has 0 aliphatic carbocycles. The number of hydrogen-bond donors (Lipinski definition) is 1. The second-order valence-electron chi connectivity index (χ2n) is 6.80. The molecule has 2 saturated heterocycles. The van der Waals surface area contributed by atoms with E-state index in [1.165, 1.54) is 10.5 Å². The number of rotatable bonds is 4. The van der Waals surface area contributed by atoms with Gasteiger partial charge in [-0.1, -0.05) is 37.3 Å². The second-order valence-corrected chi connectivity index (χ2v) is 6.80. The maximum atomic E-state index is 12.2. The highest BCUT2D eigenvalue weighted by Crippen LogP contribution is 2.44. The Balaban J connectivity index is 0.00000208. The highest BCUT2D eigenvalue weighted by molar-refractivity contribution is 5.85. The van der Waals surface area contributed by atoms with Crippen molar-refractivity contribution >= 4 is 18.5 Å². The summed E-state index contributed by atoms with van der Waals surface area (Å²) in [6, 6.07) is 10.4. The molecule has 24 heavy (non-hydrogen) atoms. The molecule has 1 atom stereocenters. The van der Waals surface area contributed by atoms with Gasteiger partial charge in [-0.2, -0.15) is 0 Å². The third-order valence-corrected chi connectivity index (χ3v) is 5.25. The van der Waals surface area contributed by atoms with Crippen LogP contribution in [0.2, 0.25) is 0 Å². The Kier molecular flexibility index (Phi) is 5.78. The van der Waals surface area contributed by atoms with Gasteiger partial charge in [-0.25, -0.2) is 4.79 Å². The van der Waals surface area contributed by atoms with E-state index in [2.05, 4.69) is 17.0 Å². The van der Waals surface area contributed by atoms with Gasteiger partial charge in [-0.15, -0.1) is 12.4 Å². The summed E-state index contributed by atoms with van der Waals surface area (Å²) in [6.45, 7) is 6.78. The molecule has 6 heteroatoms. The molecule has 1 aromatic carbocycles. The molecule has 1 aromatic rings. The minimum absolute atomic E-state index is 0. The molecule has 2 heterocycles. The van der Waals surface area contributed by atoms with Crippen molar-refractivity contribution in [2.24, 2.45) is 0 Å². The first-order valence-corrected chi connectivity index (χ1v) is 8.48. The van der Waals surface area contributed by atoms with E-state index >= 15 is 0 Å². The first kappa shape index (κ1) is 19.0. The normalized spacial score (nSPS) is 26.3. The molecule has 0 bridgehead atoms. The lowest BCUT2D eigenvalue weighted by atomic mass is 9.82. The van der Waals surface area contributed by atoms with Gasteiger partial charge < -0.3 is 9.84 Å². The molecule has 3 rings (SSSR count). The topological polar surface area (TPSA) is 53.0 Å². The van der Waals surface area contributed by atoms with Crippen LogP contribution in [-0.2, 0) is 11.3 Å². The molecule has 0 radical (unpaired) electrons. The third kappa shape index (κ3) is 3.25. The number of likely N-dealkylation sites (tertiary alicyclic amines) is 1. The minimum Gasteiger partial charge on any atom is -0.437 e. The van der Waals surface area contributed by atoms with Gasteiger partial charge in [0.25, 0.3) is 0 Å². The van der Waals surface area contributed by atoms with Crippen LogP contribution in [0.15, 0.2) is 30.3 Å². The quantitative estimate of drug-likeness (QED) is 0.903. The molecule has 134 valence electrons. The lowest BCUT2D eigenvalue weighted by molar-refractivity contribution is -0.165. The Morgan fingerprint density at radius 1 is 1.21 bits per heavy atom. The lowest BCUT2D eigenvalue weighted by Gasteiger charge is -2.44. The Bertz CT molecular complexity index is 557. The monoisotopic (exact) mass is 354 g/mol. The van der Waals surface area contributed by atoms with E-state index in [0.717, 1.165) is 26.1 Å². The zero-order chi connectivity index (χ0) is 16.5. The summed E-state index contributed by atoms with van der Waals surface area (Å²) in [4.78, 5) is 16.0. The summed E-state index contributed by atoms with van der Waals surface area (Å²) >= 11 is 0. The Morgan fingerprint density at radius 3 is 2.42 bits per heavy atom. The summed E-state index contributed by atoms with van der Waals surface area (Å²) in [5.41, 5.74) is -0.711. The molecule has 1 spiro atoms. The van der Waals surface area contributed by atoms with Crippen LogP contribution in [0.5, 0.6) is 0 Å². The molecular formula is C18H27ClN2O3. The first-order chi connectivity index (χ1) is 11.0. The van der Waals surface area contributed by atoms with Crippen LogP contribution in [0, 0.1) is 0 Å². The van der Waals surface area contributed by atoms with E-state index in [1.807, 2.05) is 25.1 Å². The fourth-order valence-electron chi connectivity index (χ4n) is 3.76. The van der Waals surface area contributed by atoms with Gasteiger partial charge >= 0.3 is 6.09 Å². The van der Waals surface area contributed by atoms with E-state index in [9.17, 15) is 9.90 Å². The van der Waals surface area contributed by atoms with Gasteiger partial charge in [0.15, 0.2) is 11.3 Å². The maximum absolute atomic E-state index is 12.2. The van der Waals surface area contributed by atoms with Crippen molar-refractivity contribution in [2.45, 2.75) is 51.0 Å². The van der Waals surface area contributed by atoms with E-state index in [4.69, 9.17) is 4.74 Å². The smallest absolute Gasteiger partial charge is 0.412 e. The SMILES string of the molecule is CCCN1C(=O)OC2(CCN(Cc3ccccc3)CC2)C1(C)O.Cl. The summed E-state index contributed by atoms with van der Waals surface area (Å²) in [5.74, 6) is 0. The molecule has 1 N–H and O–H groups in total. The summed E-state index contributed by atoms with van der Waals surface area (Å²) in [7, 11) is 0. The van der Waals surface area contributed by atoms with Crippen molar-refractivity contribution in [3.63, 3.8) is 0 Å². The Morgan fingerprint density at radius 2 is 1.83 bits per heavy atom. The molecule has 0 aromatic heterocycles. The minimum atomic E-state index is -1.22. The van der Waals surface area contributed by atoms with Crippen molar-refractivity contribution in [2.75, 3.05) is 19.6 Å². The number of carbonyl (C=O) groups is 1. The third-order valence-electron chi connectivity index (χ3n) is 5.25. The number of benzene rings is 1. The van der Waals surface area contributed by atoms with Crippen LogP contribution in [0.4, 0.5) is 4.79 Å². The molecule has 0 saturated carbocycles. The number of piperidine rings is 1. The van der Waals surface area contributed by atoms with E-state index in [1.54, 1.807) is 6.92 Å². The van der Waals surface area contributed by atoms with Crippen LogP contribution < -0.4 is 0 Å². The van der Waals surface area contributed by atoms with E-state index < -0.39 is 11.3 Å². The lowest BCUT2D eigenvalue weighted by Crippen LogP contribution is -2.60. The van der Waals surface area contributed by atoms with Crippen molar-refractivity contribution in [1.29, 1.82) is 0 Å². The number of halogens is 1. The number of aliphatic hydroxyl groups is 1. The maximum Gasteiger partial charge on any atom is 0.412 e. The molecular weight excluding hydrogens is 328 g/mol. The highest BCUT2D eigenvalue weighted by atomic mass is 35.5. The van der Waals surface area contributed by atoms with Crippen molar-refractivity contribution in [3.8, 4) is 0 Å². The molecule has 2 aliphatic rings. The number of hydrogen-bond acceptors (Lipinski definition) is 4. The van der Waals surface area contributed by atoms with Crippen molar-refractivity contribution in [3.05, 3.63) is 35.9 Å². The molecule has 1 amide bonds.